The van der Waals surface area contributed by atoms with Crippen molar-refractivity contribution in [3.05, 3.63) is 29.6 Å². The van der Waals surface area contributed by atoms with Crippen molar-refractivity contribution in [1.82, 2.24) is 0 Å². The van der Waals surface area contributed by atoms with E-state index in [1.165, 1.54) is 12.1 Å². The Balaban J connectivity index is 1.85. The second-order valence-corrected chi connectivity index (χ2v) is 4.97. The average molecular weight is 276 g/mol. The van der Waals surface area contributed by atoms with Crippen LogP contribution >= 0.6 is 0 Å². The van der Waals surface area contributed by atoms with Gasteiger partial charge in [0.25, 0.3) is 0 Å². The molecule has 0 radical (unpaired) electrons. The van der Waals surface area contributed by atoms with Crippen LogP contribution in [-0.4, -0.2) is 18.6 Å². The number of hydrogen-bond acceptors (Lipinski definition) is 3. The summed E-state index contributed by atoms with van der Waals surface area (Å²) in [7, 11) is 0. The summed E-state index contributed by atoms with van der Waals surface area (Å²) in [5.74, 6) is -0.302. The Bertz CT molecular complexity index is 533. The van der Waals surface area contributed by atoms with Gasteiger partial charge in [-0.15, -0.1) is 0 Å². The van der Waals surface area contributed by atoms with Crippen molar-refractivity contribution in [1.29, 1.82) is 5.26 Å². The van der Waals surface area contributed by atoms with Crippen LogP contribution in [0.25, 0.3) is 0 Å². The van der Waals surface area contributed by atoms with E-state index in [1.54, 1.807) is 0 Å². The van der Waals surface area contributed by atoms with Gasteiger partial charge in [0.05, 0.1) is 17.4 Å². The number of rotatable bonds is 5. The molecule has 0 saturated heterocycles. The second kappa shape index (κ2) is 6.49. The van der Waals surface area contributed by atoms with Crippen molar-refractivity contribution in [2.24, 2.45) is 5.92 Å². The third kappa shape index (κ3) is 3.55. The molecule has 2 rings (SSSR count). The van der Waals surface area contributed by atoms with Crippen LogP contribution < -0.4 is 5.32 Å². The van der Waals surface area contributed by atoms with Crippen LogP contribution in [0.2, 0.25) is 0 Å². The second-order valence-electron chi connectivity index (χ2n) is 4.97. The molecule has 0 bridgehead atoms. The van der Waals surface area contributed by atoms with Crippen molar-refractivity contribution in [2.45, 2.75) is 32.3 Å². The molecule has 1 aliphatic carbocycles. The number of anilines is 1. The minimum absolute atomic E-state index is 0.138. The Labute approximate surface area is 117 Å². The summed E-state index contributed by atoms with van der Waals surface area (Å²) < 4.78 is 18.4. The molecule has 0 spiro atoms. The maximum Gasteiger partial charge on any atom is 0.224 e. The van der Waals surface area contributed by atoms with Crippen LogP contribution in [0.5, 0.6) is 0 Å². The summed E-state index contributed by atoms with van der Waals surface area (Å²) in [5, 5.41) is 11.6. The molecule has 4 nitrogen and oxygen atoms in total. The number of carbonyl (C=O) groups excluding carboxylic acids is 1. The van der Waals surface area contributed by atoms with Gasteiger partial charge < -0.3 is 10.1 Å². The first-order valence-corrected chi connectivity index (χ1v) is 6.73. The van der Waals surface area contributed by atoms with Crippen LogP contribution in [0, 0.1) is 23.1 Å². The highest BCUT2D eigenvalue weighted by molar-refractivity contribution is 5.92. The van der Waals surface area contributed by atoms with Gasteiger partial charge in [-0.2, -0.15) is 5.26 Å². The van der Waals surface area contributed by atoms with Gasteiger partial charge >= 0.3 is 0 Å². The van der Waals surface area contributed by atoms with Gasteiger partial charge in [0.1, 0.15) is 11.9 Å². The fourth-order valence-corrected chi connectivity index (χ4v) is 2.39. The Morgan fingerprint density at radius 1 is 1.55 bits per heavy atom. The first-order chi connectivity index (χ1) is 9.62. The van der Waals surface area contributed by atoms with Crippen LogP contribution in [0.4, 0.5) is 10.1 Å². The highest BCUT2D eigenvalue weighted by Crippen LogP contribution is 2.33. The zero-order valence-corrected chi connectivity index (χ0v) is 11.4. The summed E-state index contributed by atoms with van der Waals surface area (Å²) >= 11 is 0. The lowest BCUT2D eigenvalue weighted by molar-refractivity contribution is -0.119. The molecule has 5 heteroatoms. The predicted molar refractivity (Wildman–Crippen MR) is 72.5 cm³/mol. The molecular formula is C15H17FN2O2. The molecule has 0 aliphatic heterocycles. The van der Waals surface area contributed by atoms with Gasteiger partial charge in [-0.05, 0) is 43.9 Å². The Morgan fingerprint density at radius 3 is 2.95 bits per heavy atom. The predicted octanol–water partition coefficient (Wildman–Crippen LogP) is 2.84. The van der Waals surface area contributed by atoms with Gasteiger partial charge in [0.15, 0.2) is 0 Å². The molecule has 20 heavy (non-hydrogen) atoms. The molecule has 1 aromatic rings. The lowest BCUT2D eigenvalue weighted by Crippen LogP contribution is -2.33. The summed E-state index contributed by atoms with van der Waals surface area (Å²) in [6, 6.07) is 5.63. The maximum atomic E-state index is 13.0. The standard InChI is InChI=1S/C15H17FN2O2/c1-2-20-13-5-10(6-13)7-15(19)18-14-4-3-12(16)8-11(14)9-17/h3-4,8,10,13H,2,5-7H2,1H3,(H,18,19). The van der Waals surface area contributed by atoms with Crippen LogP contribution in [-0.2, 0) is 9.53 Å². The summed E-state index contributed by atoms with van der Waals surface area (Å²) in [4.78, 5) is 11.9. The molecule has 1 saturated carbocycles. The van der Waals surface area contributed by atoms with E-state index < -0.39 is 5.82 Å². The molecule has 106 valence electrons. The summed E-state index contributed by atoms with van der Waals surface area (Å²) in [6.07, 6.45) is 2.48. The number of hydrogen-bond donors (Lipinski definition) is 1. The van der Waals surface area contributed by atoms with Crippen molar-refractivity contribution in [3.8, 4) is 6.07 Å². The van der Waals surface area contributed by atoms with E-state index in [4.69, 9.17) is 10.00 Å². The van der Waals surface area contributed by atoms with E-state index in [2.05, 4.69) is 5.32 Å². The number of carbonyl (C=O) groups is 1. The van der Waals surface area contributed by atoms with Gasteiger partial charge in [-0.25, -0.2) is 4.39 Å². The normalized spacial score (nSPS) is 20.9. The number of nitriles is 1. The van der Waals surface area contributed by atoms with E-state index in [0.29, 0.717) is 24.6 Å². The van der Waals surface area contributed by atoms with Gasteiger partial charge in [-0.1, -0.05) is 0 Å². The molecule has 0 heterocycles. The molecule has 0 unspecified atom stereocenters. The molecule has 1 amide bonds. The van der Waals surface area contributed by atoms with Crippen molar-refractivity contribution in [2.75, 3.05) is 11.9 Å². The highest BCUT2D eigenvalue weighted by atomic mass is 19.1. The first kappa shape index (κ1) is 14.5. The Hall–Kier alpha value is -1.93. The number of nitrogens with zero attached hydrogens (tertiary/aromatic N) is 1. The summed E-state index contributed by atoms with van der Waals surface area (Å²) in [5.41, 5.74) is 0.499. The van der Waals surface area contributed by atoms with Gasteiger partial charge in [-0.3, -0.25) is 4.79 Å². The fourth-order valence-electron chi connectivity index (χ4n) is 2.39. The third-order valence-corrected chi connectivity index (χ3v) is 3.45. The Morgan fingerprint density at radius 2 is 2.30 bits per heavy atom. The first-order valence-electron chi connectivity index (χ1n) is 6.73. The summed E-state index contributed by atoms with van der Waals surface area (Å²) in [6.45, 7) is 2.66. The number of nitrogens with one attached hydrogen (secondary N) is 1. The van der Waals surface area contributed by atoms with Crippen LogP contribution in [0.3, 0.4) is 0 Å². The van der Waals surface area contributed by atoms with Crippen LogP contribution in [0.15, 0.2) is 18.2 Å². The van der Waals surface area contributed by atoms with E-state index >= 15 is 0 Å². The highest BCUT2D eigenvalue weighted by Gasteiger charge is 2.31. The number of amides is 1. The molecule has 0 aromatic heterocycles. The topological polar surface area (TPSA) is 62.1 Å². The molecule has 1 N–H and O–H groups in total. The molecule has 0 atom stereocenters. The molecular weight excluding hydrogens is 259 g/mol. The lowest BCUT2D eigenvalue weighted by Gasteiger charge is -2.34. The van der Waals surface area contributed by atoms with Crippen molar-refractivity contribution >= 4 is 11.6 Å². The van der Waals surface area contributed by atoms with E-state index in [1.807, 2.05) is 13.0 Å². The molecule has 1 aromatic carbocycles. The average Bonchev–Trinajstić information content (AvgIpc) is 2.38. The fraction of sp³-hybridized carbons (Fsp3) is 0.467. The minimum atomic E-state index is -0.488. The smallest absolute Gasteiger partial charge is 0.224 e. The van der Waals surface area contributed by atoms with E-state index in [9.17, 15) is 9.18 Å². The zero-order chi connectivity index (χ0) is 14.5. The van der Waals surface area contributed by atoms with Crippen molar-refractivity contribution < 1.29 is 13.9 Å². The molecule has 1 fully saturated rings. The quantitative estimate of drug-likeness (QED) is 0.899. The third-order valence-electron chi connectivity index (χ3n) is 3.45. The van der Waals surface area contributed by atoms with E-state index in [0.717, 1.165) is 18.9 Å². The van der Waals surface area contributed by atoms with Gasteiger partial charge in [0, 0.05) is 13.0 Å². The zero-order valence-electron chi connectivity index (χ0n) is 11.4. The minimum Gasteiger partial charge on any atom is -0.378 e. The maximum absolute atomic E-state index is 13.0. The molecule has 1 aliphatic rings. The van der Waals surface area contributed by atoms with Crippen molar-refractivity contribution in [3.63, 3.8) is 0 Å². The van der Waals surface area contributed by atoms with Gasteiger partial charge in [0.2, 0.25) is 5.91 Å². The largest absolute Gasteiger partial charge is 0.378 e. The van der Waals surface area contributed by atoms with E-state index in [-0.39, 0.29) is 17.6 Å². The number of ether oxygens (including phenoxy) is 1. The number of benzene rings is 1. The SMILES string of the molecule is CCOC1CC(CC(=O)Nc2ccc(F)cc2C#N)C1. The lowest BCUT2D eigenvalue weighted by atomic mass is 9.80. The monoisotopic (exact) mass is 276 g/mol. The Kier molecular flexibility index (Phi) is 4.70. The number of halogens is 1. The van der Waals surface area contributed by atoms with Crippen LogP contribution in [0.1, 0.15) is 31.7 Å².